The molecule has 0 aliphatic carbocycles. The van der Waals surface area contributed by atoms with Gasteiger partial charge in [0.2, 0.25) is 5.91 Å². The summed E-state index contributed by atoms with van der Waals surface area (Å²) in [6.45, 7) is 1.51. The lowest BCUT2D eigenvalue weighted by Crippen LogP contribution is -2.40. The molecule has 0 aliphatic heterocycles. The van der Waals surface area contributed by atoms with E-state index in [9.17, 15) is 9.59 Å². The third-order valence-electron chi connectivity index (χ3n) is 2.36. The van der Waals surface area contributed by atoms with Crippen LogP contribution < -0.4 is 15.6 Å². The van der Waals surface area contributed by atoms with E-state index in [1.54, 1.807) is 6.07 Å². The highest BCUT2D eigenvalue weighted by molar-refractivity contribution is 5.92. The smallest absolute Gasteiger partial charge is 0.305 e. The molecule has 20 heavy (non-hydrogen) atoms. The first-order valence-electron chi connectivity index (χ1n) is 5.98. The Hall–Kier alpha value is -2.76. The summed E-state index contributed by atoms with van der Waals surface area (Å²) in [5.74, 6) is 0.448. The van der Waals surface area contributed by atoms with E-state index >= 15 is 0 Å². The number of carbonyl (C=O) groups is 2. The lowest BCUT2D eigenvalue weighted by Gasteiger charge is -2.04. The first-order valence-corrected chi connectivity index (χ1v) is 5.98. The van der Waals surface area contributed by atoms with Gasteiger partial charge >= 0.3 is 5.91 Å². The van der Waals surface area contributed by atoms with Crippen molar-refractivity contribution >= 4 is 11.8 Å². The second-order valence-electron chi connectivity index (χ2n) is 4.00. The lowest BCUT2D eigenvalue weighted by molar-refractivity contribution is -0.119. The molecular formula is C14H14N2O4. The van der Waals surface area contributed by atoms with Gasteiger partial charge in [-0.1, -0.05) is 18.2 Å². The molecule has 0 bridgehead atoms. The average molecular weight is 274 g/mol. The van der Waals surface area contributed by atoms with E-state index in [1.807, 2.05) is 30.3 Å². The summed E-state index contributed by atoms with van der Waals surface area (Å²) in [6, 6.07) is 12.4. The minimum Gasteiger partial charge on any atom is -0.486 e. The van der Waals surface area contributed by atoms with Gasteiger partial charge in [0.05, 0.1) is 0 Å². The Labute approximate surface area is 115 Å². The number of nitrogens with one attached hydrogen (secondary N) is 2. The van der Waals surface area contributed by atoms with E-state index in [2.05, 4.69) is 10.9 Å². The molecule has 0 radical (unpaired) electrons. The van der Waals surface area contributed by atoms with Gasteiger partial charge in [0.25, 0.3) is 0 Å². The Kier molecular flexibility index (Phi) is 4.39. The van der Waals surface area contributed by atoms with Crippen LogP contribution in [0.15, 0.2) is 46.9 Å². The van der Waals surface area contributed by atoms with Crippen LogP contribution in [0.5, 0.6) is 5.75 Å². The number of hydrogen-bond donors (Lipinski definition) is 2. The van der Waals surface area contributed by atoms with Gasteiger partial charge in [-0.15, -0.1) is 0 Å². The maximum absolute atomic E-state index is 11.6. The molecule has 0 unspecified atom stereocenters. The largest absolute Gasteiger partial charge is 0.486 e. The van der Waals surface area contributed by atoms with Crippen molar-refractivity contribution in [3.63, 3.8) is 0 Å². The predicted molar refractivity (Wildman–Crippen MR) is 70.8 cm³/mol. The topological polar surface area (TPSA) is 80.6 Å². The van der Waals surface area contributed by atoms with Crippen molar-refractivity contribution in [3.05, 3.63) is 54.0 Å². The molecule has 2 aromatic rings. The quantitative estimate of drug-likeness (QED) is 0.830. The summed E-state index contributed by atoms with van der Waals surface area (Å²) in [6.07, 6.45) is 0. The van der Waals surface area contributed by atoms with Crippen LogP contribution in [0.3, 0.4) is 0 Å². The number of amides is 2. The lowest BCUT2D eigenvalue weighted by atomic mass is 10.3. The Balaban J connectivity index is 1.89. The molecule has 0 fully saturated rings. The van der Waals surface area contributed by atoms with Crippen LogP contribution in [0.2, 0.25) is 0 Å². The molecule has 1 aromatic heterocycles. The van der Waals surface area contributed by atoms with E-state index in [0.717, 1.165) is 0 Å². The Morgan fingerprint density at radius 2 is 1.85 bits per heavy atom. The van der Waals surface area contributed by atoms with E-state index in [0.29, 0.717) is 11.5 Å². The number of rotatable bonds is 4. The predicted octanol–water partition coefficient (Wildman–Crippen LogP) is 1.64. The third-order valence-corrected chi connectivity index (χ3v) is 2.36. The Bertz CT molecular complexity index is 592. The van der Waals surface area contributed by atoms with Crippen molar-refractivity contribution in [2.75, 3.05) is 0 Å². The van der Waals surface area contributed by atoms with E-state index in [4.69, 9.17) is 9.15 Å². The zero-order chi connectivity index (χ0) is 14.4. The van der Waals surface area contributed by atoms with Crippen LogP contribution >= 0.6 is 0 Å². The van der Waals surface area contributed by atoms with E-state index in [1.165, 1.54) is 13.0 Å². The van der Waals surface area contributed by atoms with Crippen LogP contribution in [-0.2, 0) is 11.4 Å². The van der Waals surface area contributed by atoms with Gasteiger partial charge in [0.1, 0.15) is 18.1 Å². The van der Waals surface area contributed by atoms with Crippen LogP contribution in [-0.4, -0.2) is 11.8 Å². The molecule has 2 amide bonds. The van der Waals surface area contributed by atoms with Crippen LogP contribution in [0.4, 0.5) is 0 Å². The van der Waals surface area contributed by atoms with Crippen LogP contribution in [0.25, 0.3) is 0 Å². The molecule has 6 nitrogen and oxygen atoms in total. The first-order chi connectivity index (χ1) is 9.65. The van der Waals surface area contributed by atoms with Gasteiger partial charge in [0.15, 0.2) is 5.76 Å². The van der Waals surface area contributed by atoms with Crippen molar-refractivity contribution in [2.24, 2.45) is 0 Å². The highest BCUT2D eigenvalue weighted by Gasteiger charge is 2.11. The van der Waals surface area contributed by atoms with Gasteiger partial charge in [0, 0.05) is 6.92 Å². The molecule has 6 heteroatoms. The molecule has 0 saturated heterocycles. The zero-order valence-electron chi connectivity index (χ0n) is 10.9. The second kappa shape index (κ2) is 6.42. The maximum Gasteiger partial charge on any atom is 0.305 e. The third kappa shape index (κ3) is 3.88. The highest BCUT2D eigenvalue weighted by atomic mass is 16.5. The van der Waals surface area contributed by atoms with Crippen LogP contribution in [0, 0.1) is 0 Å². The molecule has 0 atom stereocenters. The number of carbonyl (C=O) groups excluding carboxylic acids is 2. The van der Waals surface area contributed by atoms with Crippen LogP contribution in [0.1, 0.15) is 23.2 Å². The van der Waals surface area contributed by atoms with Gasteiger partial charge in [-0.3, -0.25) is 20.4 Å². The standard InChI is InChI=1S/C14H14N2O4/c1-10(17)15-16-14(18)13-8-7-12(20-13)9-19-11-5-3-2-4-6-11/h2-8H,9H2,1H3,(H,15,17)(H,16,18). The minimum absolute atomic E-state index is 0.102. The number of furan rings is 1. The molecule has 104 valence electrons. The number of para-hydroxylation sites is 1. The summed E-state index contributed by atoms with van der Waals surface area (Å²) in [7, 11) is 0. The molecule has 0 spiro atoms. The highest BCUT2D eigenvalue weighted by Crippen LogP contribution is 2.13. The fourth-order valence-corrected chi connectivity index (χ4v) is 1.46. The van der Waals surface area contributed by atoms with Crippen molar-refractivity contribution in [3.8, 4) is 5.75 Å². The fourth-order valence-electron chi connectivity index (χ4n) is 1.46. The molecule has 1 aromatic carbocycles. The fraction of sp³-hybridized carbons (Fsp3) is 0.143. The normalized spacial score (nSPS) is 9.85. The van der Waals surface area contributed by atoms with Gasteiger partial charge in [-0.2, -0.15) is 0 Å². The van der Waals surface area contributed by atoms with Crippen molar-refractivity contribution < 1.29 is 18.7 Å². The maximum atomic E-state index is 11.6. The summed E-state index contributed by atoms with van der Waals surface area (Å²) < 4.78 is 10.8. The summed E-state index contributed by atoms with van der Waals surface area (Å²) >= 11 is 0. The van der Waals surface area contributed by atoms with Gasteiger partial charge < -0.3 is 9.15 Å². The van der Waals surface area contributed by atoms with E-state index in [-0.39, 0.29) is 18.3 Å². The first kappa shape index (κ1) is 13.7. The Morgan fingerprint density at radius 3 is 2.55 bits per heavy atom. The second-order valence-corrected chi connectivity index (χ2v) is 4.00. The van der Waals surface area contributed by atoms with Crippen molar-refractivity contribution in [1.29, 1.82) is 0 Å². The average Bonchev–Trinajstić information content (AvgIpc) is 2.92. The Morgan fingerprint density at radius 1 is 1.10 bits per heavy atom. The molecule has 1 heterocycles. The SMILES string of the molecule is CC(=O)NNC(=O)c1ccc(COc2ccccc2)o1. The molecular weight excluding hydrogens is 260 g/mol. The van der Waals surface area contributed by atoms with Crippen molar-refractivity contribution in [1.82, 2.24) is 10.9 Å². The van der Waals surface area contributed by atoms with Crippen molar-refractivity contribution in [2.45, 2.75) is 13.5 Å². The molecule has 2 rings (SSSR count). The number of ether oxygens (including phenoxy) is 1. The van der Waals surface area contributed by atoms with E-state index < -0.39 is 5.91 Å². The minimum atomic E-state index is -0.522. The molecule has 0 saturated carbocycles. The number of benzene rings is 1. The number of hydrogen-bond acceptors (Lipinski definition) is 4. The molecule has 0 aliphatic rings. The summed E-state index contributed by atoms with van der Waals surface area (Å²) in [5.41, 5.74) is 4.39. The zero-order valence-corrected chi connectivity index (χ0v) is 10.9. The summed E-state index contributed by atoms with van der Waals surface area (Å²) in [5, 5.41) is 0. The number of hydrazine groups is 1. The molecule has 2 N–H and O–H groups in total. The van der Waals surface area contributed by atoms with Gasteiger partial charge in [-0.05, 0) is 24.3 Å². The van der Waals surface area contributed by atoms with Gasteiger partial charge in [-0.25, -0.2) is 0 Å². The summed E-state index contributed by atoms with van der Waals surface area (Å²) in [4.78, 5) is 22.2. The monoisotopic (exact) mass is 274 g/mol.